The van der Waals surface area contributed by atoms with Crippen molar-refractivity contribution in [1.29, 1.82) is 0 Å². The summed E-state index contributed by atoms with van der Waals surface area (Å²) in [4.78, 5) is 9.94. The van der Waals surface area contributed by atoms with Crippen LogP contribution in [0.3, 0.4) is 0 Å². The van der Waals surface area contributed by atoms with Crippen molar-refractivity contribution < 1.29 is 9.90 Å². The monoisotopic (exact) mass is 173 g/mol. The Hall–Kier alpha value is -0.570. The van der Waals surface area contributed by atoms with Crippen LogP contribution >= 0.6 is 0 Å². The molecule has 1 fully saturated rings. The first-order chi connectivity index (χ1) is 5.77. The second-order valence-electron chi connectivity index (χ2n) is 3.02. The van der Waals surface area contributed by atoms with Crippen LogP contribution in [0, 0.1) is 0 Å². The smallest absolute Gasteiger partial charge is 0.303 e. The molecule has 0 amide bonds. The van der Waals surface area contributed by atoms with Crippen LogP contribution in [0.5, 0.6) is 0 Å². The highest BCUT2D eigenvalue weighted by molar-refractivity contribution is 5.66. The van der Waals surface area contributed by atoms with Gasteiger partial charge >= 0.3 is 5.97 Å². The highest BCUT2D eigenvalue weighted by Gasteiger charge is 1.95. The summed E-state index contributed by atoms with van der Waals surface area (Å²) in [5, 5.41) is 11.1. The Kier molecular flexibility index (Phi) is 8.12. The Bertz CT molecular complexity index is 110. The molecule has 0 bridgehead atoms. The summed E-state index contributed by atoms with van der Waals surface area (Å²) >= 11 is 0. The van der Waals surface area contributed by atoms with Crippen LogP contribution in [0.1, 0.15) is 38.5 Å². The van der Waals surface area contributed by atoms with E-state index in [1.54, 1.807) is 0 Å². The normalized spacial score (nSPS) is 13.1. The quantitative estimate of drug-likeness (QED) is 0.621. The minimum atomic E-state index is -0.703. The standard InChI is InChI=1S/C6H13NO2.C3H6/c1-7-5-3-2-4-6(8)9;1-2-3-1/h7H,2-5H2,1H3,(H,8,9);1-3H2. The molecule has 0 atom stereocenters. The molecule has 72 valence electrons. The Balaban J connectivity index is 0.000000330. The minimum absolute atomic E-state index is 0.293. The molecule has 1 aliphatic rings. The van der Waals surface area contributed by atoms with Crippen LogP contribution in [0.2, 0.25) is 0 Å². The van der Waals surface area contributed by atoms with E-state index in [0.29, 0.717) is 6.42 Å². The van der Waals surface area contributed by atoms with Gasteiger partial charge in [0.05, 0.1) is 0 Å². The van der Waals surface area contributed by atoms with E-state index in [2.05, 4.69) is 5.32 Å². The van der Waals surface area contributed by atoms with E-state index < -0.39 is 5.97 Å². The number of hydrogen-bond acceptors (Lipinski definition) is 2. The number of carbonyl (C=O) groups is 1. The average Bonchev–Trinajstić information content (AvgIpc) is 2.83. The van der Waals surface area contributed by atoms with E-state index in [1.807, 2.05) is 7.05 Å². The Morgan fingerprint density at radius 1 is 1.33 bits per heavy atom. The SMILES string of the molecule is C1CC1.CNCCCCC(=O)O. The molecular weight excluding hydrogens is 154 g/mol. The van der Waals surface area contributed by atoms with Crippen molar-refractivity contribution in [3.63, 3.8) is 0 Å². The highest BCUT2D eigenvalue weighted by atomic mass is 16.4. The van der Waals surface area contributed by atoms with Crippen molar-refractivity contribution in [1.82, 2.24) is 5.32 Å². The van der Waals surface area contributed by atoms with Gasteiger partial charge in [0, 0.05) is 6.42 Å². The molecule has 12 heavy (non-hydrogen) atoms. The van der Waals surface area contributed by atoms with E-state index in [0.717, 1.165) is 19.4 Å². The van der Waals surface area contributed by atoms with Gasteiger partial charge in [0.1, 0.15) is 0 Å². The predicted octanol–water partition coefficient (Wildman–Crippen LogP) is 1.63. The molecule has 0 unspecified atom stereocenters. The third kappa shape index (κ3) is 16.2. The summed E-state index contributed by atoms with van der Waals surface area (Å²) in [6.07, 6.45) is 6.51. The van der Waals surface area contributed by atoms with E-state index in [-0.39, 0.29) is 0 Å². The summed E-state index contributed by atoms with van der Waals surface area (Å²) in [6.45, 7) is 0.910. The van der Waals surface area contributed by atoms with Crippen molar-refractivity contribution in [3.05, 3.63) is 0 Å². The van der Waals surface area contributed by atoms with Gasteiger partial charge in [0.25, 0.3) is 0 Å². The van der Waals surface area contributed by atoms with E-state index in [1.165, 1.54) is 19.3 Å². The summed E-state index contributed by atoms with van der Waals surface area (Å²) in [5.74, 6) is -0.703. The molecule has 0 radical (unpaired) electrons. The summed E-state index contributed by atoms with van der Waals surface area (Å²) < 4.78 is 0. The van der Waals surface area contributed by atoms with Gasteiger partial charge in [-0.15, -0.1) is 0 Å². The lowest BCUT2D eigenvalue weighted by molar-refractivity contribution is -0.137. The van der Waals surface area contributed by atoms with Gasteiger partial charge in [-0.3, -0.25) is 4.79 Å². The summed E-state index contributed by atoms with van der Waals surface area (Å²) in [5.41, 5.74) is 0. The third-order valence-corrected chi connectivity index (χ3v) is 1.42. The zero-order valence-electron chi connectivity index (χ0n) is 7.81. The van der Waals surface area contributed by atoms with E-state index >= 15 is 0 Å². The second-order valence-corrected chi connectivity index (χ2v) is 3.02. The average molecular weight is 173 g/mol. The molecule has 2 N–H and O–H groups in total. The van der Waals surface area contributed by atoms with Crippen LogP contribution in [0.4, 0.5) is 0 Å². The van der Waals surface area contributed by atoms with Crippen molar-refractivity contribution in [2.75, 3.05) is 13.6 Å². The molecule has 0 aromatic rings. The van der Waals surface area contributed by atoms with Crippen molar-refractivity contribution in [3.8, 4) is 0 Å². The second kappa shape index (κ2) is 8.53. The van der Waals surface area contributed by atoms with Crippen LogP contribution in [0.25, 0.3) is 0 Å². The van der Waals surface area contributed by atoms with E-state index in [9.17, 15) is 4.79 Å². The molecule has 0 aromatic carbocycles. The predicted molar refractivity (Wildman–Crippen MR) is 49.3 cm³/mol. The van der Waals surface area contributed by atoms with Crippen LogP contribution in [-0.2, 0) is 4.79 Å². The number of hydrogen-bond donors (Lipinski definition) is 2. The molecule has 0 saturated heterocycles. The van der Waals surface area contributed by atoms with Crippen LogP contribution < -0.4 is 5.32 Å². The van der Waals surface area contributed by atoms with Gasteiger partial charge < -0.3 is 10.4 Å². The van der Waals surface area contributed by atoms with Gasteiger partial charge in [-0.1, -0.05) is 19.3 Å². The molecule has 3 nitrogen and oxygen atoms in total. The molecule has 0 spiro atoms. The summed E-state index contributed by atoms with van der Waals surface area (Å²) in [7, 11) is 1.86. The Labute approximate surface area is 74.2 Å². The van der Waals surface area contributed by atoms with Gasteiger partial charge in [0.15, 0.2) is 0 Å². The van der Waals surface area contributed by atoms with E-state index in [4.69, 9.17) is 5.11 Å². The maximum Gasteiger partial charge on any atom is 0.303 e. The molecule has 0 aromatic heterocycles. The molecule has 3 heteroatoms. The van der Waals surface area contributed by atoms with Gasteiger partial charge in [0.2, 0.25) is 0 Å². The maximum atomic E-state index is 9.94. The number of rotatable bonds is 5. The first-order valence-corrected chi connectivity index (χ1v) is 4.63. The van der Waals surface area contributed by atoms with Crippen LogP contribution in [0.15, 0.2) is 0 Å². The highest BCUT2D eigenvalue weighted by Crippen LogP contribution is 2.14. The molecule has 0 aliphatic heterocycles. The van der Waals surface area contributed by atoms with Gasteiger partial charge in [-0.2, -0.15) is 0 Å². The topological polar surface area (TPSA) is 49.3 Å². The van der Waals surface area contributed by atoms with Gasteiger partial charge in [-0.25, -0.2) is 0 Å². The first-order valence-electron chi connectivity index (χ1n) is 4.63. The van der Waals surface area contributed by atoms with Crippen molar-refractivity contribution in [2.24, 2.45) is 0 Å². The van der Waals surface area contributed by atoms with Crippen molar-refractivity contribution in [2.45, 2.75) is 38.5 Å². The largest absolute Gasteiger partial charge is 0.481 e. The zero-order chi connectivity index (χ0) is 9.23. The third-order valence-electron chi connectivity index (χ3n) is 1.42. The minimum Gasteiger partial charge on any atom is -0.481 e. The Morgan fingerprint density at radius 2 is 1.92 bits per heavy atom. The fourth-order valence-electron chi connectivity index (χ4n) is 0.578. The van der Waals surface area contributed by atoms with Gasteiger partial charge in [-0.05, 0) is 26.4 Å². The zero-order valence-corrected chi connectivity index (χ0v) is 7.81. The maximum absolute atomic E-state index is 9.94. The molecule has 1 rings (SSSR count). The molecule has 1 aliphatic carbocycles. The molecule has 1 saturated carbocycles. The fraction of sp³-hybridized carbons (Fsp3) is 0.889. The molecule has 0 heterocycles. The number of unbranched alkanes of at least 4 members (excludes halogenated alkanes) is 1. The lowest BCUT2D eigenvalue weighted by atomic mass is 10.2. The van der Waals surface area contributed by atoms with Crippen molar-refractivity contribution >= 4 is 5.97 Å². The summed E-state index contributed by atoms with van der Waals surface area (Å²) in [6, 6.07) is 0. The fourth-order valence-corrected chi connectivity index (χ4v) is 0.578. The lowest BCUT2D eigenvalue weighted by Crippen LogP contribution is -2.07. The van der Waals surface area contributed by atoms with Crippen LogP contribution in [-0.4, -0.2) is 24.7 Å². The number of nitrogens with one attached hydrogen (secondary N) is 1. The Morgan fingerprint density at radius 3 is 2.25 bits per heavy atom. The number of carboxylic acid groups (broad SMARTS) is 1. The number of carboxylic acids is 1. The number of aliphatic carboxylic acids is 1. The first kappa shape index (κ1) is 11.4. The molecular formula is C9H19NO2. The lowest BCUT2D eigenvalue weighted by Gasteiger charge is -1.94.